The van der Waals surface area contributed by atoms with Gasteiger partial charge in [-0.15, -0.1) is 0 Å². The van der Waals surface area contributed by atoms with E-state index in [0.29, 0.717) is 25.0 Å². The summed E-state index contributed by atoms with van der Waals surface area (Å²) in [5.41, 5.74) is 0. The van der Waals surface area contributed by atoms with Crippen molar-refractivity contribution >= 4 is 27.6 Å². The zero-order valence-corrected chi connectivity index (χ0v) is 36.2. The van der Waals surface area contributed by atoms with Crippen LogP contribution in [0.15, 0.2) is 12.2 Å². The van der Waals surface area contributed by atoms with E-state index in [9.17, 15) is 28.7 Å². The summed E-state index contributed by atoms with van der Waals surface area (Å²) in [5, 5.41) is 9.74. The van der Waals surface area contributed by atoms with Gasteiger partial charge in [-0.05, 0) is 38.5 Å². The van der Waals surface area contributed by atoms with Gasteiger partial charge in [0.15, 0.2) is 6.10 Å². The van der Waals surface area contributed by atoms with Gasteiger partial charge in [0.05, 0.1) is 32.0 Å². The molecule has 1 aliphatic rings. The van der Waals surface area contributed by atoms with E-state index in [4.69, 9.17) is 28.5 Å². The molecule has 0 aromatic rings. The summed E-state index contributed by atoms with van der Waals surface area (Å²) in [4.78, 5) is 52.6. The summed E-state index contributed by atoms with van der Waals surface area (Å²) >= 11 is 0. The SMILES string of the molecule is CCCCCCCCCCCCCCCC(=O)O[C@H](COC(=O)CCCCCCC/C=C\CC1OC1CCCCC)COP(=O)(O)OC[C@@H](O)COP(=O)(O)O. The number of carbonyl (C=O) groups excluding carboxylic acids is 2. The molecule has 1 saturated heterocycles. The van der Waals surface area contributed by atoms with Gasteiger partial charge in [0, 0.05) is 12.8 Å². The smallest absolute Gasteiger partial charge is 0.462 e. The summed E-state index contributed by atoms with van der Waals surface area (Å²) < 4.78 is 53.5. The predicted molar refractivity (Wildman–Crippen MR) is 216 cm³/mol. The van der Waals surface area contributed by atoms with Crippen molar-refractivity contribution in [2.45, 2.75) is 205 Å². The van der Waals surface area contributed by atoms with Crippen molar-refractivity contribution < 1.29 is 66.3 Å². The average Bonchev–Trinajstić information content (AvgIpc) is 3.91. The molecule has 0 aliphatic carbocycles. The summed E-state index contributed by atoms with van der Waals surface area (Å²) in [7, 11) is -9.67. The van der Waals surface area contributed by atoms with Crippen LogP contribution in [-0.2, 0) is 46.5 Å². The van der Waals surface area contributed by atoms with E-state index < -0.39 is 59.6 Å². The van der Waals surface area contributed by atoms with Crippen molar-refractivity contribution in [3.8, 4) is 0 Å². The van der Waals surface area contributed by atoms with Crippen molar-refractivity contribution in [2.24, 2.45) is 0 Å². The van der Waals surface area contributed by atoms with Crippen molar-refractivity contribution in [3.63, 3.8) is 0 Å². The Bertz CT molecular complexity index is 1120. The lowest BCUT2D eigenvalue weighted by molar-refractivity contribution is -0.161. The highest BCUT2D eigenvalue weighted by molar-refractivity contribution is 7.47. The largest absolute Gasteiger partial charge is 0.472 e. The Labute approximate surface area is 337 Å². The van der Waals surface area contributed by atoms with E-state index in [2.05, 4.69) is 35.0 Å². The third-order valence-corrected chi connectivity index (χ3v) is 11.0. The quantitative estimate of drug-likeness (QED) is 0.0149. The lowest BCUT2D eigenvalue weighted by Crippen LogP contribution is -2.30. The molecule has 0 spiro atoms. The van der Waals surface area contributed by atoms with Gasteiger partial charge in [-0.1, -0.05) is 142 Å². The minimum absolute atomic E-state index is 0.131. The van der Waals surface area contributed by atoms with Gasteiger partial charge in [0.25, 0.3) is 0 Å². The Kier molecular flexibility index (Phi) is 31.7. The number of epoxide rings is 1. The number of hydrogen-bond acceptors (Lipinski definition) is 11. The summed E-state index contributed by atoms with van der Waals surface area (Å²) in [6.45, 7) is 1.72. The fraction of sp³-hybridized carbons (Fsp3) is 0.900. The number of ether oxygens (including phenoxy) is 3. The molecule has 3 unspecified atom stereocenters. The second-order valence-electron chi connectivity index (χ2n) is 15.0. The summed E-state index contributed by atoms with van der Waals surface area (Å²) in [5.74, 6) is -1.05. The third kappa shape index (κ3) is 33.8. The van der Waals surface area contributed by atoms with Crippen molar-refractivity contribution in [1.82, 2.24) is 0 Å². The first-order valence-electron chi connectivity index (χ1n) is 21.5. The van der Waals surface area contributed by atoms with Gasteiger partial charge in [0.2, 0.25) is 0 Å². The molecule has 16 heteroatoms. The molecular formula is C40H76O14P2. The molecule has 0 bridgehead atoms. The molecule has 56 heavy (non-hydrogen) atoms. The van der Waals surface area contributed by atoms with Gasteiger partial charge >= 0.3 is 27.6 Å². The van der Waals surface area contributed by atoms with Crippen molar-refractivity contribution in [3.05, 3.63) is 12.2 Å². The van der Waals surface area contributed by atoms with E-state index in [0.717, 1.165) is 57.8 Å². The molecule has 330 valence electrons. The van der Waals surface area contributed by atoms with Gasteiger partial charge in [-0.2, -0.15) is 0 Å². The molecule has 1 aliphatic heterocycles. The minimum atomic E-state index is -4.86. The molecule has 1 heterocycles. The van der Waals surface area contributed by atoms with E-state index in [1.165, 1.54) is 83.5 Å². The van der Waals surface area contributed by atoms with Crippen LogP contribution >= 0.6 is 15.6 Å². The Balaban J connectivity index is 2.35. The molecule has 1 fully saturated rings. The number of esters is 2. The average molecular weight is 843 g/mol. The first kappa shape index (κ1) is 52.8. The first-order chi connectivity index (χ1) is 26.8. The number of hydrogen-bond donors (Lipinski definition) is 4. The number of phosphoric ester groups is 2. The molecule has 5 atom stereocenters. The number of unbranched alkanes of at least 4 members (excludes halogenated alkanes) is 19. The number of carbonyl (C=O) groups is 2. The topological polar surface area (TPSA) is 208 Å². The monoisotopic (exact) mass is 842 g/mol. The second kappa shape index (κ2) is 33.6. The molecule has 4 N–H and O–H groups in total. The van der Waals surface area contributed by atoms with Crippen LogP contribution in [0.4, 0.5) is 0 Å². The Morgan fingerprint density at radius 3 is 1.70 bits per heavy atom. The zero-order valence-electron chi connectivity index (χ0n) is 34.4. The molecule has 0 saturated carbocycles. The Hall–Kier alpha value is -1.18. The number of allylic oxidation sites excluding steroid dienone is 1. The summed E-state index contributed by atoms with van der Waals surface area (Å²) in [6.07, 6.45) is 29.4. The van der Waals surface area contributed by atoms with Gasteiger partial charge in [-0.3, -0.25) is 23.2 Å². The van der Waals surface area contributed by atoms with Crippen molar-refractivity contribution in [1.29, 1.82) is 0 Å². The third-order valence-electron chi connectivity index (χ3n) is 9.57. The van der Waals surface area contributed by atoms with E-state index in [1.807, 2.05) is 0 Å². The lowest BCUT2D eigenvalue weighted by Gasteiger charge is -2.20. The van der Waals surface area contributed by atoms with Gasteiger partial charge in [-0.25, -0.2) is 9.13 Å². The molecular weight excluding hydrogens is 766 g/mol. The highest BCUT2D eigenvalue weighted by Crippen LogP contribution is 2.44. The van der Waals surface area contributed by atoms with E-state index in [-0.39, 0.29) is 19.4 Å². The Morgan fingerprint density at radius 1 is 0.607 bits per heavy atom. The number of aliphatic hydroxyl groups excluding tert-OH is 1. The molecule has 0 radical (unpaired) electrons. The lowest BCUT2D eigenvalue weighted by atomic mass is 10.0. The molecule has 0 aromatic carbocycles. The number of aliphatic hydroxyl groups is 1. The van der Waals surface area contributed by atoms with Crippen LogP contribution in [-0.4, -0.2) is 82.6 Å². The standard InChI is InChI=1S/C40H76O14P2/c1-3-5-7-8-9-10-11-12-13-14-19-22-26-30-40(43)53-36(34-52-56(47,48)51-32-35(41)31-50-55(44,45)46)33-49-39(42)29-25-21-18-16-15-17-20-24-28-38-37(54-38)27-23-6-4-2/h20,24,35-38,41H,3-19,21-23,25-34H2,1-2H3,(H,47,48)(H2,44,45,46)/b24-20-/t35-,36+,37?,38?/m0/s1. The highest BCUT2D eigenvalue weighted by atomic mass is 31.2. The number of rotatable bonds is 40. The molecule has 1 rings (SSSR count). The van der Waals surface area contributed by atoms with Crippen LogP contribution in [0.3, 0.4) is 0 Å². The predicted octanol–water partition coefficient (Wildman–Crippen LogP) is 9.55. The maximum Gasteiger partial charge on any atom is 0.472 e. The van der Waals surface area contributed by atoms with Crippen LogP contribution < -0.4 is 0 Å². The van der Waals surface area contributed by atoms with Crippen LogP contribution in [0.25, 0.3) is 0 Å². The van der Waals surface area contributed by atoms with Crippen LogP contribution in [0, 0.1) is 0 Å². The normalized spacial score (nSPS) is 17.8. The van der Waals surface area contributed by atoms with Crippen molar-refractivity contribution in [2.75, 3.05) is 26.4 Å². The highest BCUT2D eigenvalue weighted by Gasteiger charge is 2.36. The number of phosphoric acid groups is 2. The van der Waals surface area contributed by atoms with Crippen LogP contribution in [0.1, 0.15) is 181 Å². The minimum Gasteiger partial charge on any atom is -0.462 e. The van der Waals surface area contributed by atoms with Crippen LogP contribution in [0.5, 0.6) is 0 Å². The maximum atomic E-state index is 12.6. The van der Waals surface area contributed by atoms with Crippen LogP contribution in [0.2, 0.25) is 0 Å². The molecule has 0 aromatic heterocycles. The second-order valence-corrected chi connectivity index (χ2v) is 17.7. The fourth-order valence-electron chi connectivity index (χ4n) is 6.18. The summed E-state index contributed by atoms with van der Waals surface area (Å²) in [6, 6.07) is 0. The van der Waals surface area contributed by atoms with E-state index in [1.54, 1.807) is 0 Å². The van der Waals surface area contributed by atoms with E-state index >= 15 is 0 Å². The fourth-order valence-corrected chi connectivity index (χ4v) is 7.33. The van der Waals surface area contributed by atoms with Gasteiger partial charge in [0.1, 0.15) is 12.7 Å². The maximum absolute atomic E-state index is 12.6. The van der Waals surface area contributed by atoms with Gasteiger partial charge < -0.3 is 34.0 Å². The molecule has 0 amide bonds. The zero-order chi connectivity index (χ0) is 41.3. The first-order valence-corrected chi connectivity index (χ1v) is 24.5. The molecule has 14 nitrogen and oxygen atoms in total. The Morgan fingerprint density at radius 2 is 1.11 bits per heavy atom.